The number of hydrogen-bond acceptors (Lipinski definition) is 3. The standard InChI is InChI=1S/C17H20BrN3O2/c18-15-9-16(19-11-15)17(22)20-10-13-1-3-14(4-2-13)12-21-5-7-23-8-6-21/h1-4,9,11,19H,5-8,10,12H2,(H,20,22). The normalized spacial score (nSPS) is 15.5. The van der Waals surface area contributed by atoms with Crippen LogP contribution < -0.4 is 5.32 Å². The minimum Gasteiger partial charge on any atom is -0.379 e. The fourth-order valence-electron chi connectivity index (χ4n) is 2.56. The van der Waals surface area contributed by atoms with Crippen molar-refractivity contribution in [1.29, 1.82) is 0 Å². The van der Waals surface area contributed by atoms with Gasteiger partial charge in [-0.25, -0.2) is 0 Å². The molecule has 5 nitrogen and oxygen atoms in total. The maximum absolute atomic E-state index is 12.0. The molecule has 1 aliphatic heterocycles. The summed E-state index contributed by atoms with van der Waals surface area (Å²) in [6.45, 7) is 5.09. The Morgan fingerprint density at radius 2 is 1.91 bits per heavy atom. The molecule has 1 saturated heterocycles. The summed E-state index contributed by atoms with van der Waals surface area (Å²) in [5.41, 5.74) is 2.94. The van der Waals surface area contributed by atoms with Gasteiger partial charge in [-0.3, -0.25) is 9.69 Å². The van der Waals surface area contributed by atoms with Crippen molar-refractivity contribution in [2.75, 3.05) is 26.3 Å². The summed E-state index contributed by atoms with van der Waals surface area (Å²) in [6, 6.07) is 10.2. The quantitative estimate of drug-likeness (QED) is 0.841. The molecule has 2 heterocycles. The van der Waals surface area contributed by atoms with Crippen LogP contribution in [0.2, 0.25) is 0 Å². The highest BCUT2D eigenvalue weighted by molar-refractivity contribution is 9.10. The maximum Gasteiger partial charge on any atom is 0.267 e. The van der Waals surface area contributed by atoms with Crippen molar-refractivity contribution in [3.8, 4) is 0 Å². The second kappa shape index (κ2) is 7.77. The number of halogens is 1. The molecule has 0 aliphatic carbocycles. The zero-order chi connectivity index (χ0) is 16.1. The number of aromatic amines is 1. The average molecular weight is 378 g/mol. The molecule has 6 heteroatoms. The highest BCUT2D eigenvalue weighted by Gasteiger charge is 2.11. The Kier molecular flexibility index (Phi) is 5.48. The molecule has 0 radical (unpaired) electrons. The van der Waals surface area contributed by atoms with Crippen molar-refractivity contribution in [3.63, 3.8) is 0 Å². The molecule has 0 bridgehead atoms. The molecule has 1 amide bonds. The number of hydrogen-bond donors (Lipinski definition) is 2. The summed E-state index contributed by atoms with van der Waals surface area (Å²) < 4.78 is 6.23. The Balaban J connectivity index is 1.50. The Bertz CT molecular complexity index is 648. The van der Waals surface area contributed by atoms with Gasteiger partial charge >= 0.3 is 0 Å². The van der Waals surface area contributed by atoms with Gasteiger partial charge in [-0.15, -0.1) is 0 Å². The third-order valence-corrected chi connectivity index (χ3v) is 4.34. The number of H-pyrrole nitrogens is 1. The van der Waals surface area contributed by atoms with Crippen molar-refractivity contribution in [2.24, 2.45) is 0 Å². The highest BCUT2D eigenvalue weighted by Crippen LogP contribution is 2.11. The van der Waals surface area contributed by atoms with Gasteiger partial charge in [0.15, 0.2) is 0 Å². The minimum atomic E-state index is -0.104. The fourth-order valence-corrected chi connectivity index (χ4v) is 2.90. The molecule has 122 valence electrons. The summed E-state index contributed by atoms with van der Waals surface area (Å²) >= 11 is 3.32. The lowest BCUT2D eigenvalue weighted by molar-refractivity contribution is 0.0342. The third-order valence-electron chi connectivity index (χ3n) is 3.88. The van der Waals surface area contributed by atoms with Gasteiger partial charge in [0.2, 0.25) is 0 Å². The molecular formula is C17H20BrN3O2. The Morgan fingerprint density at radius 1 is 1.22 bits per heavy atom. The van der Waals surface area contributed by atoms with E-state index in [9.17, 15) is 4.79 Å². The number of morpholine rings is 1. The lowest BCUT2D eigenvalue weighted by Gasteiger charge is -2.26. The van der Waals surface area contributed by atoms with Gasteiger partial charge in [0.25, 0.3) is 5.91 Å². The Morgan fingerprint density at radius 3 is 2.57 bits per heavy atom. The van der Waals surface area contributed by atoms with E-state index in [0.29, 0.717) is 12.2 Å². The van der Waals surface area contributed by atoms with Crippen LogP contribution in [0.25, 0.3) is 0 Å². The van der Waals surface area contributed by atoms with E-state index in [0.717, 1.165) is 42.9 Å². The smallest absolute Gasteiger partial charge is 0.267 e. The van der Waals surface area contributed by atoms with Gasteiger partial charge < -0.3 is 15.0 Å². The second-order valence-electron chi connectivity index (χ2n) is 5.62. The fraction of sp³-hybridized carbons (Fsp3) is 0.353. The summed E-state index contributed by atoms with van der Waals surface area (Å²) in [4.78, 5) is 17.3. The van der Waals surface area contributed by atoms with Gasteiger partial charge in [-0.1, -0.05) is 24.3 Å². The first-order valence-electron chi connectivity index (χ1n) is 7.71. The predicted octanol–water partition coefficient (Wildman–Crippen LogP) is 2.54. The number of amides is 1. The van der Waals surface area contributed by atoms with Crippen LogP contribution in [0.5, 0.6) is 0 Å². The molecule has 0 unspecified atom stereocenters. The van der Waals surface area contributed by atoms with E-state index in [1.54, 1.807) is 12.3 Å². The highest BCUT2D eigenvalue weighted by atomic mass is 79.9. The SMILES string of the molecule is O=C(NCc1ccc(CN2CCOCC2)cc1)c1cc(Br)c[nH]1. The van der Waals surface area contributed by atoms with Crippen LogP contribution in [0, 0.1) is 0 Å². The van der Waals surface area contributed by atoms with E-state index in [-0.39, 0.29) is 5.91 Å². The molecule has 0 saturated carbocycles. The van der Waals surface area contributed by atoms with E-state index < -0.39 is 0 Å². The van der Waals surface area contributed by atoms with Crippen LogP contribution >= 0.6 is 15.9 Å². The molecule has 1 aromatic heterocycles. The van der Waals surface area contributed by atoms with Crippen LogP contribution in [-0.4, -0.2) is 42.1 Å². The lowest BCUT2D eigenvalue weighted by atomic mass is 10.1. The largest absolute Gasteiger partial charge is 0.379 e. The third kappa shape index (κ3) is 4.67. The Hall–Kier alpha value is -1.63. The van der Waals surface area contributed by atoms with Gasteiger partial charge in [0.1, 0.15) is 5.69 Å². The van der Waals surface area contributed by atoms with E-state index in [1.807, 2.05) is 0 Å². The number of benzene rings is 1. The zero-order valence-corrected chi connectivity index (χ0v) is 14.4. The number of aromatic nitrogens is 1. The molecule has 0 atom stereocenters. The van der Waals surface area contributed by atoms with Crippen molar-refractivity contribution in [1.82, 2.24) is 15.2 Å². The van der Waals surface area contributed by atoms with Gasteiger partial charge in [0.05, 0.1) is 13.2 Å². The van der Waals surface area contributed by atoms with Crippen molar-refractivity contribution < 1.29 is 9.53 Å². The number of nitrogens with one attached hydrogen (secondary N) is 2. The minimum absolute atomic E-state index is 0.104. The number of carbonyl (C=O) groups excluding carboxylic acids is 1. The topological polar surface area (TPSA) is 57.4 Å². The maximum atomic E-state index is 12.0. The van der Waals surface area contributed by atoms with E-state index >= 15 is 0 Å². The monoisotopic (exact) mass is 377 g/mol. The van der Waals surface area contributed by atoms with Gasteiger partial charge in [0, 0.05) is 36.8 Å². The van der Waals surface area contributed by atoms with Crippen LogP contribution in [0.1, 0.15) is 21.6 Å². The number of rotatable bonds is 5. The van der Waals surface area contributed by atoms with E-state index in [1.165, 1.54) is 5.56 Å². The molecule has 1 aromatic carbocycles. The van der Waals surface area contributed by atoms with Crippen LogP contribution in [0.4, 0.5) is 0 Å². The number of ether oxygens (including phenoxy) is 1. The molecule has 0 spiro atoms. The van der Waals surface area contributed by atoms with Crippen LogP contribution in [0.3, 0.4) is 0 Å². The van der Waals surface area contributed by atoms with Crippen molar-refractivity contribution in [2.45, 2.75) is 13.1 Å². The number of carbonyl (C=O) groups is 1. The Labute approximate surface area is 144 Å². The molecule has 1 aliphatic rings. The van der Waals surface area contributed by atoms with Crippen LogP contribution in [0.15, 0.2) is 41.0 Å². The van der Waals surface area contributed by atoms with Crippen LogP contribution in [-0.2, 0) is 17.8 Å². The molecule has 2 aromatic rings. The predicted molar refractivity (Wildman–Crippen MR) is 92.2 cm³/mol. The lowest BCUT2D eigenvalue weighted by Crippen LogP contribution is -2.35. The zero-order valence-electron chi connectivity index (χ0n) is 12.8. The van der Waals surface area contributed by atoms with E-state index in [4.69, 9.17) is 4.74 Å². The van der Waals surface area contributed by atoms with Gasteiger partial charge in [-0.05, 0) is 33.1 Å². The number of nitrogens with zero attached hydrogens (tertiary/aromatic N) is 1. The molecule has 1 fully saturated rings. The summed E-state index contributed by atoms with van der Waals surface area (Å²) in [6.07, 6.45) is 1.75. The molecule has 23 heavy (non-hydrogen) atoms. The van der Waals surface area contributed by atoms with Crippen molar-refractivity contribution in [3.05, 3.63) is 57.8 Å². The molecule has 2 N–H and O–H groups in total. The summed E-state index contributed by atoms with van der Waals surface area (Å²) in [5.74, 6) is -0.104. The average Bonchev–Trinajstić information content (AvgIpc) is 3.01. The first-order valence-corrected chi connectivity index (χ1v) is 8.50. The summed E-state index contributed by atoms with van der Waals surface area (Å²) in [5, 5.41) is 2.91. The van der Waals surface area contributed by atoms with Gasteiger partial charge in [-0.2, -0.15) is 0 Å². The van der Waals surface area contributed by atoms with Crippen molar-refractivity contribution >= 4 is 21.8 Å². The van der Waals surface area contributed by atoms with E-state index in [2.05, 4.69) is 55.4 Å². The molecular weight excluding hydrogens is 358 g/mol. The first-order chi connectivity index (χ1) is 11.2. The first kappa shape index (κ1) is 16.2. The second-order valence-corrected chi connectivity index (χ2v) is 6.53. The summed E-state index contributed by atoms with van der Waals surface area (Å²) in [7, 11) is 0. The molecule has 3 rings (SSSR count).